The monoisotopic (exact) mass is 844 g/mol. The first-order valence-electron chi connectivity index (χ1n) is 23.4. The molecule has 0 atom stereocenters. The van der Waals surface area contributed by atoms with E-state index in [1.54, 1.807) is 0 Å². The number of nitrogens with zero attached hydrogens (tertiary/aromatic N) is 2. The molecule has 1 aromatic heterocycles. The standard InChI is InChI=1S/C59H54B2N2S/c1-56(2,3)33-20-23-39-41-26-27-49-51-53(41)63-52-43(40-24-21-34(57(4,5)6)30-47(40)61(63)46(39)29-33)28-35(58(7,8)9)31-48(52)60(51)55-54(42-17-13-15-19-50(42)64-55)62(49)36-22-25-38-37-16-12-14-18-44(37)59(10,11)45(38)32-36/h12-32H,1-11H3. The summed E-state index contributed by atoms with van der Waals surface area (Å²) in [4.78, 5) is 5.51. The van der Waals surface area contributed by atoms with Gasteiger partial charge in [0.05, 0.1) is 5.69 Å². The van der Waals surface area contributed by atoms with Crippen molar-refractivity contribution < 1.29 is 0 Å². The molecule has 5 heteroatoms. The van der Waals surface area contributed by atoms with Gasteiger partial charge in [-0.15, -0.1) is 11.3 Å². The summed E-state index contributed by atoms with van der Waals surface area (Å²) in [6, 6.07) is 50.6. The Morgan fingerprint density at radius 3 is 1.78 bits per heavy atom. The Bertz CT molecular complexity index is 3400. The Labute approximate surface area is 384 Å². The number of thiophene rings is 1. The minimum absolute atomic E-state index is 0.00637. The second kappa shape index (κ2) is 12.3. The third kappa shape index (κ3) is 4.95. The largest absolute Gasteiger partial charge is 0.377 e. The first-order chi connectivity index (χ1) is 30.4. The van der Waals surface area contributed by atoms with E-state index >= 15 is 0 Å². The van der Waals surface area contributed by atoms with Crippen molar-refractivity contribution in [3.05, 3.63) is 155 Å². The van der Waals surface area contributed by atoms with Crippen molar-refractivity contribution in [2.24, 2.45) is 0 Å². The van der Waals surface area contributed by atoms with Crippen molar-refractivity contribution in [2.75, 3.05) is 9.71 Å². The Kier molecular flexibility index (Phi) is 7.44. The van der Waals surface area contributed by atoms with E-state index in [1.807, 2.05) is 11.3 Å². The van der Waals surface area contributed by atoms with Crippen LogP contribution < -0.4 is 36.3 Å². The van der Waals surface area contributed by atoms with Crippen molar-refractivity contribution >= 4 is 90.0 Å². The Balaban J connectivity index is 1.18. The molecule has 1 aliphatic carbocycles. The zero-order valence-electron chi connectivity index (χ0n) is 39.1. The number of hydrogen-bond donors (Lipinski definition) is 0. The minimum Gasteiger partial charge on any atom is -0.377 e. The van der Waals surface area contributed by atoms with E-state index in [0.717, 1.165) is 0 Å². The van der Waals surface area contributed by atoms with Crippen LogP contribution in [0.5, 0.6) is 0 Å². The van der Waals surface area contributed by atoms with Crippen molar-refractivity contribution in [3.63, 3.8) is 0 Å². The van der Waals surface area contributed by atoms with Gasteiger partial charge in [-0.2, -0.15) is 0 Å². The topological polar surface area (TPSA) is 6.48 Å². The predicted octanol–water partition coefficient (Wildman–Crippen LogP) is 12.6. The molecule has 0 saturated carbocycles. The molecule has 0 saturated heterocycles. The third-order valence-electron chi connectivity index (χ3n) is 15.7. The van der Waals surface area contributed by atoms with E-state index in [2.05, 4.69) is 213 Å². The van der Waals surface area contributed by atoms with Crippen LogP contribution in [0.3, 0.4) is 0 Å². The lowest BCUT2D eigenvalue weighted by molar-refractivity contribution is 0.590. The molecule has 312 valence electrons. The lowest BCUT2D eigenvalue weighted by Crippen LogP contribution is -2.69. The molecule has 64 heavy (non-hydrogen) atoms. The summed E-state index contributed by atoms with van der Waals surface area (Å²) in [5.74, 6) is 0. The van der Waals surface area contributed by atoms with E-state index in [0.29, 0.717) is 0 Å². The van der Waals surface area contributed by atoms with Gasteiger partial charge >= 0.3 is 6.85 Å². The van der Waals surface area contributed by atoms with E-state index < -0.39 is 0 Å². The second-order valence-electron chi connectivity index (χ2n) is 23.0. The molecule has 8 aromatic rings. The van der Waals surface area contributed by atoms with Crippen LogP contribution in [0.1, 0.15) is 104 Å². The van der Waals surface area contributed by atoms with Gasteiger partial charge in [-0.1, -0.05) is 173 Å². The van der Waals surface area contributed by atoms with Crippen molar-refractivity contribution in [1.29, 1.82) is 0 Å². The van der Waals surface area contributed by atoms with Crippen LogP contribution >= 0.6 is 11.3 Å². The van der Waals surface area contributed by atoms with Gasteiger partial charge in [0.2, 0.25) is 0 Å². The molecule has 0 unspecified atom stereocenters. The molecular weight excluding hydrogens is 790 g/mol. The number of rotatable bonds is 1. The molecule has 7 aromatic carbocycles. The third-order valence-corrected chi connectivity index (χ3v) is 16.9. The summed E-state index contributed by atoms with van der Waals surface area (Å²) in [5.41, 5.74) is 27.4. The molecule has 5 heterocycles. The Morgan fingerprint density at radius 1 is 0.484 bits per heavy atom. The highest BCUT2D eigenvalue weighted by Crippen LogP contribution is 2.55. The van der Waals surface area contributed by atoms with Crippen LogP contribution in [0.4, 0.5) is 28.4 Å². The fourth-order valence-electron chi connectivity index (χ4n) is 12.3. The van der Waals surface area contributed by atoms with Crippen LogP contribution in [-0.2, 0) is 21.7 Å². The van der Waals surface area contributed by atoms with Crippen molar-refractivity contribution in [3.8, 4) is 33.4 Å². The number of anilines is 5. The fourth-order valence-corrected chi connectivity index (χ4v) is 13.6. The molecule has 0 amide bonds. The maximum absolute atomic E-state index is 2.84. The van der Waals surface area contributed by atoms with Crippen LogP contribution in [0.15, 0.2) is 127 Å². The van der Waals surface area contributed by atoms with Gasteiger partial charge in [0.15, 0.2) is 0 Å². The summed E-state index contributed by atoms with van der Waals surface area (Å²) >= 11 is 2.01. The first-order valence-corrected chi connectivity index (χ1v) is 24.2. The maximum atomic E-state index is 2.84. The zero-order chi connectivity index (χ0) is 44.1. The average Bonchev–Trinajstić information content (AvgIpc) is 3.75. The second-order valence-corrected chi connectivity index (χ2v) is 24.0. The number of hydrogen-bond acceptors (Lipinski definition) is 3. The summed E-state index contributed by atoms with van der Waals surface area (Å²) in [6.07, 6.45) is 0. The highest BCUT2D eigenvalue weighted by atomic mass is 32.1. The van der Waals surface area contributed by atoms with E-state index in [-0.39, 0.29) is 35.2 Å². The summed E-state index contributed by atoms with van der Waals surface area (Å²) in [7, 11) is 0. The molecule has 0 N–H and O–H groups in total. The number of benzene rings is 7. The molecule has 2 nitrogen and oxygen atoms in total. The van der Waals surface area contributed by atoms with Crippen LogP contribution in [0.2, 0.25) is 0 Å². The average molecular weight is 845 g/mol. The summed E-state index contributed by atoms with van der Waals surface area (Å²) in [6.45, 7) is 26.3. The quantitative estimate of drug-likeness (QED) is 0.152. The first kappa shape index (κ1) is 38.7. The van der Waals surface area contributed by atoms with Gasteiger partial charge in [0.25, 0.3) is 6.71 Å². The van der Waals surface area contributed by atoms with Crippen LogP contribution in [0.25, 0.3) is 43.5 Å². The van der Waals surface area contributed by atoms with Gasteiger partial charge in [-0.25, -0.2) is 0 Å². The van der Waals surface area contributed by atoms with Gasteiger partial charge < -0.3 is 9.71 Å². The Hall–Kier alpha value is -5.77. The SMILES string of the molecule is CC(C)(C)c1ccc2c(c1)B1c3cc(C(C)(C)C)ccc3-c3ccc4c5c3N1c1c(cc(C(C)(C)C)cc1-2)B5c1sc2ccccc2c1N4c1ccc2c(c1)C(C)(C)c1ccccc1-2. The Morgan fingerprint density at radius 2 is 1.08 bits per heavy atom. The summed E-state index contributed by atoms with van der Waals surface area (Å²) < 4.78 is 2.78. The molecule has 0 bridgehead atoms. The van der Waals surface area contributed by atoms with Gasteiger partial charge in [-0.3, -0.25) is 0 Å². The molecule has 4 aliphatic heterocycles. The summed E-state index contributed by atoms with van der Waals surface area (Å²) in [5, 5.41) is 1.33. The smallest absolute Gasteiger partial charge is 0.329 e. The molecule has 13 rings (SSSR count). The van der Waals surface area contributed by atoms with E-state index in [4.69, 9.17) is 0 Å². The molecule has 0 fully saturated rings. The van der Waals surface area contributed by atoms with Crippen molar-refractivity contribution in [2.45, 2.75) is 97.8 Å². The lowest BCUT2D eigenvalue weighted by atomic mass is 9.32. The predicted molar refractivity (Wildman–Crippen MR) is 279 cm³/mol. The van der Waals surface area contributed by atoms with E-state index in [9.17, 15) is 0 Å². The normalized spacial score (nSPS) is 15.7. The van der Waals surface area contributed by atoms with Crippen LogP contribution in [0, 0.1) is 0 Å². The van der Waals surface area contributed by atoms with Crippen molar-refractivity contribution in [1.82, 2.24) is 0 Å². The highest BCUT2D eigenvalue weighted by Gasteiger charge is 2.53. The number of fused-ring (bicyclic) bond motifs is 14. The molecular formula is C59H54B2N2S. The lowest BCUT2D eigenvalue weighted by Gasteiger charge is -2.51. The zero-order valence-corrected chi connectivity index (χ0v) is 39.9. The molecule has 0 radical (unpaired) electrons. The highest BCUT2D eigenvalue weighted by molar-refractivity contribution is 7.34. The van der Waals surface area contributed by atoms with Gasteiger partial charge in [0, 0.05) is 54.2 Å². The fraction of sp³-hybridized carbons (Fsp3) is 0.254. The molecule has 0 spiro atoms. The van der Waals surface area contributed by atoms with Gasteiger partial charge in [-0.05, 0) is 118 Å². The van der Waals surface area contributed by atoms with Crippen LogP contribution in [-0.4, -0.2) is 13.6 Å². The maximum Gasteiger partial charge on any atom is 0.329 e. The van der Waals surface area contributed by atoms with E-state index in [1.165, 1.54) is 126 Å². The van der Waals surface area contributed by atoms with Gasteiger partial charge in [0.1, 0.15) is 0 Å². The molecule has 5 aliphatic rings. The minimum atomic E-state index is -0.113.